The van der Waals surface area contributed by atoms with Gasteiger partial charge in [-0.05, 0) is 45.6 Å². The van der Waals surface area contributed by atoms with Crippen molar-refractivity contribution in [3.63, 3.8) is 0 Å². The number of amides is 1. The van der Waals surface area contributed by atoms with Crippen molar-refractivity contribution in [3.8, 4) is 0 Å². The molecule has 0 aromatic heterocycles. The molecule has 1 amide bonds. The number of esters is 1. The third-order valence-corrected chi connectivity index (χ3v) is 7.10. The zero-order valence-electron chi connectivity index (χ0n) is 22.1. The molecule has 1 N–H and O–H groups in total. The average molecular weight is 490 g/mol. The molecule has 3 aliphatic rings. The number of hydrogen-bond donors (Lipinski definition) is 1. The van der Waals surface area contributed by atoms with E-state index >= 15 is 0 Å². The minimum Gasteiger partial charge on any atom is -0.458 e. The number of rotatable bonds is 9. The zero-order chi connectivity index (χ0) is 25.6. The van der Waals surface area contributed by atoms with Gasteiger partial charge in [-0.1, -0.05) is 44.6 Å². The molecule has 3 saturated heterocycles. The Kier molecular flexibility index (Phi) is 9.73. The maximum absolute atomic E-state index is 12.4. The van der Waals surface area contributed by atoms with E-state index in [4.69, 9.17) is 18.9 Å². The van der Waals surface area contributed by atoms with Gasteiger partial charge in [-0.3, -0.25) is 9.59 Å². The van der Waals surface area contributed by atoms with E-state index in [1.54, 1.807) is 26.8 Å². The van der Waals surface area contributed by atoms with Crippen LogP contribution in [-0.2, 0) is 28.5 Å². The lowest BCUT2D eigenvalue weighted by Gasteiger charge is -2.39. The molecule has 7 nitrogen and oxygen atoms in total. The van der Waals surface area contributed by atoms with Gasteiger partial charge in [0.2, 0.25) is 5.91 Å². The number of ether oxygens (including phenoxy) is 4. The molecule has 196 valence electrons. The van der Waals surface area contributed by atoms with Gasteiger partial charge < -0.3 is 24.3 Å². The summed E-state index contributed by atoms with van der Waals surface area (Å²) in [5, 5.41) is 3.04. The molecule has 3 heterocycles. The summed E-state index contributed by atoms with van der Waals surface area (Å²) < 4.78 is 23.0. The lowest BCUT2D eigenvalue weighted by Crippen LogP contribution is -2.50. The number of allylic oxidation sites excluding steroid dienone is 2. The predicted octanol–water partition coefficient (Wildman–Crippen LogP) is 4.27. The Morgan fingerprint density at radius 1 is 1.20 bits per heavy atom. The van der Waals surface area contributed by atoms with Crippen molar-refractivity contribution in [1.29, 1.82) is 0 Å². The van der Waals surface area contributed by atoms with Crippen molar-refractivity contribution >= 4 is 11.9 Å². The van der Waals surface area contributed by atoms with Crippen LogP contribution in [0, 0.1) is 11.8 Å². The Bertz CT molecular complexity index is 827. The standard InChI is InChI=1S/C28H43NO6/c1-18(2)27(31)34-21(5)9-12-26(30)29-24-15-20(4)25(35-22(24)6)11-8-19(3)7-10-23-16-28(17-33-28)13-14-32-23/h7-10,12,18,20-25H,11,13-17H2,1-6H3,(H,29,30)/b10-7+,12-9-,19-8+. The van der Waals surface area contributed by atoms with Gasteiger partial charge in [0.05, 0.1) is 49.1 Å². The number of carbonyl (C=O) groups is 2. The van der Waals surface area contributed by atoms with Gasteiger partial charge in [0.25, 0.3) is 0 Å². The maximum atomic E-state index is 12.4. The summed E-state index contributed by atoms with van der Waals surface area (Å²) in [6, 6.07) is -0.0580. The highest BCUT2D eigenvalue weighted by Gasteiger charge is 2.48. The first kappa shape index (κ1) is 27.6. The van der Waals surface area contributed by atoms with E-state index in [0.29, 0.717) is 5.92 Å². The Morgan fingerprint density at radius 3 is 2.63 bits per heavy atom. The number of carbonyl (C=O) groups excluding carboxylic acids is 2. The Hall–Kier alpha value is -1.96. The Morgan fingerprint density at radius 2 is 1.94 bits per heavy atom. The van der Waals surface area contributed by atoms with Crippen molar-refractivity contribution in [2.75, 3.05) is 13.2 Å². The molecule has 0 bridgehead atoms. The van der Waals surface area contributed by atoms with Gasteiger partial charge in [0, 0.05) is 18.9 Å². The van der Waals surface area contributed by atoms with Crippen molar-refractivity contribution in [2.24, 2.45) is 11.8 Å². The number of nitrogens with one attached hydrogen (secondary N) is 1. The molecule has 35 heavy (non-hydrogen) atoms. The summed E-state index contributed by atoms with van der Waals surface area (Å²) in [5.41, 5.74) is 1.29. The molecule has 3 rings (SSSR count). The third kappa shape index (κ3) is 8.58. The van der Waals surface area contributed by atoms with Crippen LogP contribution in [-0.4, -0.2) is 61.1 Å². The zero-order valence-corrected chi connectivity index (χ0v) is 22.1. The van der Waals surface area contributed by atoms with Crippen LogP contribution in [0.25, 0.3) is 0 Å². The molecule has 0 aromatic rings. The molecular formula is C28H43NO6. The first-order valence-corrected chi connectivity index (χ1v) is 13.0. The smallest absolute Gasteiger partial charge is 0.308 e. The highest BCUT2D eigenvalue weighted by molar-refractivity contribution is 5.87. The van der Waals surface area contributed by atoms with Crippen LogP contribution < -0.4 is 5.32 Å². The molecular weight excluding hydrogens is 446 g/mol. The highest BCUT2D eigenvalue weighted by atomic mass is 16.6. The van der Waals surface area contributed by atoms with E-state index in [9.17, 15) is 9.59 Å². The minimum absolute atomic E-state index is 0.0580. The molecule has 3 aliphatic heterocycles. The molecule has 3 fully saturated rings. The quantitative estimate of drug-likeness (QED) is 0.225. The second-order valence-corrected chi connectivity index (χ2v) is 10.7. The largest absolute Gasteiger partial charge is 0.458 e. The molecule has 0 aromatic carbocycles. The maximum Gasteiger partial charge on any atom is 0.308 e. The van der Waals surface area contributed by atoms with E-state index < -0.39 is 6.10 Å². The lowest BCUT2D eigenvalue weighted by molar-refractivity contribution is -0.149. The van der Waals surface area contributed by atoms with Gasteiger partial charge in [-0.15, -0.1) is 0 Å². The van der Waals surface area contributed by atoms with Crippen LogP contribution in [0.2, 0.25) is 0 Å². The third-order valence-electron chi connectivity index (χ3n) is 7.10. The van der Waals surface area contributed by atoms with Crippen LogP contribution in [0.1, 0.15) is 67.2 Å². The molecule has 7 unspecified atom stereocenters. The predicted molar refractivity (Wildman–Crippen MR) is 135 cm³/mol. The Balaban J connectivity index is 1.42. The molecule has 1 spiro atoms. The summed E-state index contributed by atoms with van der Waals surface area (Å²) in [7, 11) is 0. The van der Waals surface area contributed by atoms with Crippen LogP contribution in [0.3, 0.4) is 0 Å². The van der Waals surface area contributed by atoms with Gasteiger partial charge >= 0.3 is 5.97 Å². The van der Waals surface area contributed by atoms with E-state index in [2.05, 4.69) is 37.4 Å². The first-order valence-electron chi connectivity index (χ1n) is 13.0. The van der Waals surface area contributed by atoms with E-state index in [0.717, 1.165) is 38.9 Å². The summed E-state index contributed by atoms with van der Waals surface area (Å²) in [5.74, 6) is -0.361. The van der Waals surface area contributed by atoms with Crippen molar-refractivity contribution in [3.05, 3.63) is 36.0 Å². The molecule has 7 heteroatoms. The monoisotopic (exact) mass is 489 g/mol. The molecule has 0 radical (unpaired) electrons. The lowest BCUT2D eigenvalue weighted by atomic mass is 9.88. The number of hydrogen-bond acceptors (Lipinski definition) is 6. The summed E-state index contributed by atoms with van der Waals surface area (Å²) in [6.45, 7) is 13.2. The highest BCUT2D eigenvalue weighted by Crippen LogP contribution is 2.39. The number of epoxide rings is 1. The van der Waals surface area contributed by atoms with Gasteiger partial charge in [0.1, 0.15) is 6.10 Å². The average Bonchev–Trinajstić information content (AvgIpc) is 3.55. The van der Waals surface area contributed by atoms with Crippen LogP contribution in [0.15, 0.2) is 36.0 Å². The van der Waals surface area contributed by atoms with Crippen LogP contribution >= 0.6 is 0 Å². The fourth-order valence-corrected chi connectivity index (χ4v) is 4.57. The normalized spacial score (nSPS) is 34.5. The fourth-order valence-electron chi connectivity index (χ4n) is 4.57. The van der Waals surface area contributed by atoms with Gasteiger partial charge in [-0.2, -0.15) is 0 Å². The molecule has 0 aliphatic carbocycles. The Labute approximate surface area is 210 Å². The minimum atomic E-state index is -0.448. The van der Waals surface area contributed by atoms with Crippen molar-refractivity contribution < 1.29 is 28.5 Å². The van der Waals surface area contributed by atoms with Crippen LogP contribution in [0.5, 0.6) is 0 Å². The summed E-state index contributed by atoms with van der Waals surface area (Å²) >= 11 is 0. The fraction of sp³-hybridized carbons (Fsp3) is 0.714. The second kappa shape index (κ2) is 12.3. The van der Waals surface area contributed by atoms with E-state index in [-0.39, 0.29) is 47.7 Å². The first-order chi connectivity index (χ1) is 16.6. The van der Waals surface area contributed by atoms with E-state index in [1.807, 2.05) is 6.92 Å². The molecule has 7 atom stereocenters. The molecule has 0 saturated carbocycles. The topological polar surface area (TPSA) is 86.4 Å². The van der Waals surface area contributed by atoms with Crippen molar-refractivity contribution in [1.82, 2.24) is 5.32 Å². The van der Waals surface area contributed by atoms with Gasteiger partial charge in [-0.25, -0.2) is 0 Å². The van der Waals surface area contributed by atoms with Crippen molar-refractivity contribution in [2.45, 2.75) is 103 Å². The second-order valence-electron chi connectivity index (χ2n) is 10.7. The SMILES string of the molecule is CC(/C=C/C1CC2(CCO1)CO2)=C\CC1OC(C)C(NC(=O)/C=C\C(C)OC(=O)C(C)C)CC1C. The van der Waals surface area contributed by atoms with Gasteiger partial charge in [0.15, 0.2) is 0 Å². The van der Waals surface area contributed by atoms with Crippen LogP contribution in [0.4, 0.5) is 0 Å². The summed E-state index contributed by atoms with van der Waals surface area (Å²) in [4.78, 5) is 24.1. The van der Waals surface area contributed by atoms with E-state index in [1.165, 1.54) is 11.6 Å². The summed E-state index contributed by atoms with van der Waals surface area (Å²) in [6.07, 6.45) is 12.9.